The zero-order valence-corrected chi connectivity index (χ0v) is 27.6. The molecule has 2 aliphatic rings. The standard InChI is InChI=1S/C34H42N2O4.Na/c1-21(33(37)38)32(23-8-9-23)26-10-7-22-12-14-29(40-30(22)18-26)25-11-13-28(24-15-16-35-31(19-24)39-6)27(17-25)20-36(5)34(2,3)4;/h7,10-11,13,15-19,21,23,29,32H,8-9,12,14,20H2,1-6H3,(H,37,38);/q;+1/p-1/t21-,29+,32+;/m1./s1. The fraction of sp³-hybridized carbons (Fsp3) is 0.471. The zero-order chi connectivity index (χ0) is 28.6. The fourth-order valence-corrected chi connectivity index (χ4v) is 5.81. The van der Waals surface area contributed by atoms with Crippen molar-refractivity contribution >= 4 is 5.97 Å². The average molecular weight is 565 g/mol. The molecule has 1 aliphatic heterocycles. The largest absolute Gasteiger partial charge is 1.00 e. The van der Waals surface area contributed by atoms with Gasteiger partial charge < -0.3 is 19.4 Å². The Morgan fingerprint density at radius 1 is 1.12 bits per heavy atom. The van der Waals surface area contributed by atoms with E-state index in [1.165, 1.54) is 11.1 Å². The number of fused-ring (bicyclic) bond motifs is 1. The van der Waals surface area contributed by atoms with Crippen molar-refractivity contribution in [3.63, 3.8) is 0 Å². The van der Waals surface area contributed by atoms with Crippen molar-refractivity contribution in [3.8, 4) is 22.8 Å². The first-order valence-corrected chi connectivity index (χ1v) is 14.4. The molecule has 3 atom stereocenters. The van der Waals surface area contributed by atoms with Crippen molar-refractivity contribution in [2.45, 2.75) is 77.5 Å². The Hall–Kier alpha value is -2.38. The molecule has 1 saturated carbocycles. The Kier molecular flexibility index (Phi) is 9.90. The number of carboxylic acid groups (broad SMARTS) is 1. The number of benzene rings is 2. The molecule has 0 spiro atoms. The molecule has 7 heteroatoms. The first-order valence-electron chi connectivity index (χ1n) is 14.4. The molecule has 41 heavy (non-hydrogen) atoms. The fourth-order valence-electron chi connectivity index (χ4n) is 5.81. The molecule has 6 nitrogen and oxygen atoms in total. The Bertz CT molecular complexity index is 1380. The van der Waals surface area contributed by atoms with Crippen LogP contribution in [0, 0.1) is 11.8 Å². The summed E-state index contributed by atoms with van der Waals surface area (Å²) in [5, 5.41) is 11.8. The molecule has 1 fully saturated rings. The molecule has 2 heterocycles. The van der Waals surface area contributed by atoms with Gasteiger partial charge in [0, 0.05) is 36.2 Å². The molecule has 212 valence electrons. The van der Waals surface area contributed by atoms with E-state index in [0.717, 1.165) is 60.2 Å². The van der Waals surface area contributed by atoms with Gasteiger partial charge in [-0.2, -0.15) is 0 Å². The van der Waals surface area contributed by atoms with Crippen LogP contribution < -0.4 is 44.1 Å². The van der Waals surface area contributed by atoms with Crippen LogP contribution in [-0.4, -0.2) is 35.5 Å². The van der Waals surface area contributed by atoms with Crippen molar-refractivity contribution in [1.29, 1.82) is 0 Å². The summed E-state index contributed by atoms with van der Waals surface area (Å²) in [7, 11) is 3.79. The smallest absolute Gasteiger partial charge is 0.550 e. The first-order chi connectivity index (χ1) is 19.0. The van der Waals surface area contributed by atoms with Crippen LogP contribution in [0.1, 0.15) is 81.2 Å². The number of methoxy groups -OCH3 is 1. The normalized spacial score (nSPS) is 18.1. The SMILES string of the molecule is COc1cc(-c2ccc([C@@H]3CCc4ccc([C@H](C5CC5)[C@@H](C)C(=O)[O-])cc4O3)cc2CN(C)C(C)(C)C)ccn1.[Na+]. The molecule has 0 bridgehead atoms. The van der Waals surface area contributed by atoms with E-state index in [1.54, 1.807) is 20.2 Å². The van der Waals surface area contributed by atoms with Crippen LogP contribution in [0.4, 0.5) is 0 Å². The maximum atomic E-state index is 11.8. The van der Waals surface area contributed by atoms with Crippen LogP contribution in [0.15, 0.2) is 54.7 Å². The second-order valence-electron chi connectivity index (χ2n) is 12.5. The van der Waals surface area contributed by atoms with Crippen LogP contribution in [0.25, 0.3) is 11.1 Å². The van der Waals surface area contributed by atoms with Gasteiger partial charge in [0.25, 0.3) is 0 Å². The zero-order valence-electron chi connectivity index (χ0n) is 25.6. The van der Waals surface area contributed by atoms with Crippen molar-refractivity contribution in [3.05, 3.63) is 77.0 Å². The number of carbonyl (C=O) groups is 1. The second kappa shape index (κ2) is 12.9. The number of pyridine rings is 1. The maximum absolute atomic E-state index is 11.8. The van der Waals surface area contributed by atoms with Gasteiger partial charge in [0.05, 0.1) is 7.11 Å². The van der Waals surface area contributed by atoms with Gasteiger partial charge in [-0.05, 0) is 111 Å². The number of nitrogens with zero attached hydrogens (tertiary/aromatic N) is 2. The maximum Gasteiger partial charge on any atom is 1.00 e. The van der Waals surface area contributed by atoms with E-state index >= 15 is 0 Å². The Balaban J connectivity index is 0.00000387. The van der Waals surface area contributed by atoms with Crippen molar-refractivity contribution < 1.29 is 48.9 Å². The molecule has 3 aromatic rings. The predicted molar refractivity (Wildman–Crippen MR) is 155 cm³/mol. The van der Waals surface area contributed by atoms with Crippen LogP contribution in [0.2, 0.25) is 0 Å². The monoisotopic (exact) mass is 564 g/mol. The summed E-state index contributed by atoms with van der Waals surface area (Å²) in [6.07, 6.45) is 5.68. The Labute approximate surface area is 266 Å². The Morgan fingerprint density at radius 2 is 1.88 bits per heavy atom. The number of aromatic nitrogens is 1. The topological polar surface area (TPSA) is 74.7 Å². The molecule has 0 saturated heterocycles. The number of ether oxygens (including phenoxy) is 2. The summed E-state index contributed by atoms with van der Waals surface area (Å²) in [6.45, 7) is 9.23. The predicted octanol–water partition coefficient (Wildman–Crippen LogP) is 2.94. The van der Waals surface area contributed by atoms with Crippen molar-refractivity contribution in [2.75, 3.05) is 14.2 Å². The molecule has 1 aliphatic carbocycles. The van der Waals surface area contributed by atoms with Crippen LogP contribution >= 0.6 is 0 Å². The van der Waals surface area contributed by atoms with E-state index in [9.17, 15) is 9.90 Å². The quantitative estimate of drug-likeness (QED) is 0.372. The summed E-state index contributed by atoms with van der Waals surface area (Å²) in [6, 6.07) is 17.0. The number of carboxylic acids is 1. The molecule has 2 aromatic carbocycles. The van der Waals surface area contributed by atoms with Crippen LogP contribution in [0.5, 0.6) is 11.6 Å². The molecular formula is C34H41N2NaO4. The molecule has 0 radical (unpaired) electrons. The van der Waals surface area contributed by atoms with E-state index < -0.39 is 11.9 Å². The van der Waals surface area contributed by atoms with Gasteiger partial charge in [-0.15, -0.1) is 0 Å². The van der Waals surface area contributed by atoms with E-state index in [-0.39, 0.29) is 47.1 Å². The van der Waals surface area contributed by atoms with E-state index in [4.69, 9.17) is 9.47 Å². The third-order valence-corrected chi connectivity index (χ3v) is 8.77. The van der Waals surface area contributed by atoms with Gasteiger partial charge in [0.2, 0.25) is 5.88 Å². The van der Waals surface area contributed by atoms with Crippen LogP contribution in [0.3, 0.4) is 0 Å². The van der Waals surface area contributed by atoms with Gasteiger partial charge in [-0.1, -0.05) is 37.3 Å². The van der Waals surface area contributed by atoms with Gasteiger partial charge in [-0.25, -0.2) is 4.98 Å². The number of aryl methyl sites for hydroxylation is 1. The minimum Gasteiger partial charge on any atom is -0.550 e. The third kappa shape index (κ3) is 7.16. The third-order valence-electron chi connectivity index (χ3n) is 8.77. The minimum atomic E-state index is -0.979. The van der Waals surface area contributed by atoms with Gasteiger partial charge in [-0.3, -0.25) is 4.90 Å². The number of rotatable bonds is 9. The number of hydrogen-bond donors (Lipinski definition) is 0. The summed E-state index contributed by atoms with van der Waals surface area (Å²) in [5.41, 5.74) is 6.85. The minimum absolute atomic E-state index is 0. The summed E-state index contributed by atoms with van der Waals surface area (Å²) < 4.78 is 12.1. The van der Waals surface area contributed by atoms with Gasteiger partial charge >= 0.3 is 29.6 Å². The van der Waals surface area contributed by atoms with Crippen molar-refractivity contribution in [1.82, 2.24) is 9.88 Å². The summed E-state index contributed by atoms with van der Waals surface area (Å²) in [4.78, 5) is 18.4. The average Bonchev–Trinajstić information content (AvgIpc) is 3.77. The van der Waals surface area contributed by atoms with Gasteiger partial charge in [0.1, 0.15) is 11.9 Å². The molecule has 0 amide bonds. The van der Waals surface area contributed by atoms with E-state index in [1.807, 2.05) is 12.1 Å². The van der Waals surface area contributed by atoms with Crippen LogP contribution in [-0.2, 0) is 17.8 Å². The van der Waals surface area contributed by atoms with Gasteiger partial charge in [0.15, 0.2) is 0 Å². The Morgan fingerprint density at radius 3 is 2.54 bits per heavy atom. The summed E-state index contributed by atoms with van der Waals surface area (Å²) in [5.74, 6) is 0.348. The molecule has 0 unspecified atom stereocenters. The van der Waals surface area contributed by atoms with Crippen molar-refractivity contribution in [2.24, 2.45) is 11.8 Å². The van der Waals surface area contributed by atoms with E-state index in [0.29, 0.717) is 11.8 Å². The molecular weight excluding hydrogens is 523 g/mol. The van der Waals surface area contributed by atoms with E-state index in [2.05, 4.69) is 74.1 Å². The number of aliphatic carboxylic acids is 1. The number of hydrogen-bond acceptors (Lipinski definition) is 6. The molecule has 5 rings (SSSR count). The first kappa shape index (κ1) is 31.6. The second-order valence-corrected chi connectivity index (χ2v) is 12.5. The molecule has 0 N–H and O–H groups in total. The summed E-state index contributed by atoms with van der Waals surface area (Å²) >= 11 is 0. The number of carbonyl (C=O) groups excluding carboxylic acids is 1. The molecule has 1 aromatic heterocycles.